The quantitative estimate of drug-likeness (QED) is 0.674. The molecule has 0 fully saturated rings. The van der Waals surface area contributed by atoms with Crippen molar-refractivity contribution in [1.82, 2.24) is 15.1 Å². The van der Waals surface area contributed by atoms with E-state index >= 15 is 0 Å². The molecule has 6 heteroatoms. The van der Waals surface area contributed by atoms with Gasteiger partial charge in [-0.1, -0.05) is 0 Å². The Hall–Kier alpha value is -1.56. The lowest BCUT2D eigenvalue weighted by Gasteiger charge is -2.23. The van der Waals surface area contributed by atoms with Crippen molar-refractivity contribution in [3.05, 3.63) is 12.3 Å². The van der Waals surface area contributed by atoms with Gasteiger partial charge in [-0.2, -0.15) is 5.10 Å². The molecule has 0 unspecified atom stereocenters. The standard InChI is InChI=1S/C9H16N4O2/c1-9(2,6-14)12-8(15)11-7-4-5-10-13(7)3/h4-5,14H,6H2,1-3H3,(H2,11,12,15). The number of rotatable bonds is 3. The fourth-order valence-electron chi connectivity index (χ4n) is 0.991. The van der Waals surface area contributed by atoms with E-state index in [1.165, 1.54) is 0 Å². The summed E-state index contributed by atoms with van der Waals surface area (Å²) in [5, 5.41) is 18.1. The Morgan fingerprint density at radius 2 is 2.33 bits per heavy atom. The van der Waals surface area contributed by atoms with Gasteiger partial charge < -0.3 is 10.4 Å². The van der Waals surface area contributed by atoms with E-state index in [4.69, 9.17) is 5.11 Å². The number of nitrogens with zero attached hydrogens (tertiary/aromatic N) is 2. The minimum absolute atomic E-state index is 0.119. The molecule has 0 atom stereocenters. The van der Waals surface area contributed by atoms with Crippen LogP contribution in [0.5, 0.6) is 0 Å². The average molecular weight is 212 g/mol. The van der Waals surface area contributed by atoms with Crippen LogP contribution in [0.2, 0.25) is 0 Å². The first-order valence-corrected chi connectivity index (χ1v) is 4.62. The van der Waals surface area contributed by atoms with Gasteiger partial charge >= 0.3 is 6.03 Å². The molecule has 2 amide bonds. The number of aryl methyl sites for hydroxylation is 1. The fourth-order valence-corrected chi connectivity index (χ4v) is 0.991. The fraction of sp³-hybridized carbons (Fsp3) is 0.556. The molecule has 0 saturated heterocycles. The van der Waals surface area contributed by atoms with Crippen molar-refractivity contribution in [3.63, 3.8) is 0 Å². The third-order valence-corrected chi connectivity index (χ3v) is 1.91. The number of aromatic nitrogens is 2. The highest BCUT2D eigenvalue weighted by Crippen LogP contribution is 2.05. The number of anilines is 1. The molecular weight excluding hydrogens is 196 g/mol. The van der Waals surface area contributed by atoms with Crippen molar-refractivity contribution in [1.29, 1.82) is 0 Å². The van der Waals surface area contributed by atoms with Gasteiger partial charge in [0.25, 0.3) is 0 Å². The van der Waals surface area contributed by atoms with Crippen LogP contribution in [0.25, 0.3) is 0 Å². The third kappa shape index (κ3) is 3.25. The minimum Gasteiger partial charge on any atom is -0.394 e. The Morgan fingerprint density at radius 3 is 2.80 bits per heavy atom. The maximum absolute atomic E-state index is 11.5. The summed E-state index contributed by atoms with van der Waals surface area (Å²) in [5.41, 5.74) is -0.636. The summed E-state index contributed by atoms with van der Waals surface area (Å²) in [6.45, 7) is 3.34. The summed E-state index contributed by atoms with van der Waals surface area (Å²) in [6, 6.07) is 1.32. The lowest BCUT2D eigenvalue weighted by Crippen LogP contribution is -2.48. The molecule has 0 spiro atoms. The Morgan fingerprint density at radius 1 is 1.67 bits per heavy atom. The van der Waals surface area contributed by atoms with E-state index < -0.39 is 5.54 Å². The van der Waals surface area contributed by atoms with Gasteiger partial charge in [0.15, 0.2) is 0 Å². The Balaban J connectivity index is 2.54. The minimum atomic E-state index is -0.636. The van der Waals surface area contributed by atoms with E-state index in [9.17, 15) is 4.79 Å². The zero-order chi connectivity index (χ0) is 11.5. The van der Waals surface area contributed by atoms with Crippen molar-refractivity contribution in [2.24, 2.45) is 7.05 Å². The number of carbonyl (C=O) groups is 1. The van der Waals surface area contributed by atoms with Gasteiger partial charge in [-0.25, -0.2) is 4.79 Å². The van der Waals surface area contributed by atoms with E-state index in [2.05, 4.69) is 15.7 Å². The van der Waals surface area contributed by atoms with Gasteiger partial charge in [-0.3, -0.25) is 10.00 Å². The number of aliphatic hydroxyl groups excluding tert-OH is 1. The highest BCUT2D eigenvalue weighted by Gasteiger charge is 2.19. The van der Waals surface area contributed by atoms with E-state index in [1.807, 2.05) is 0 Å². The van der Waals surface area contributed by atoms with Crippen LogP contribution in [-0.4, -0.2) is 33.1 Å². The summed E-state index contributed by atoms with van der Waals surface area (Å²) in [7, 11) is 1.73. The zero-order valence-electron chi connectivity index (χ0n) is 9.11. The maximum Gasteiger partial charge on any atom is 0.320 e. The van der Waals surface area contributed by atoms with Gasteiger partial charge in [0, 0.05) is 13.1 Å². The van der Waals surface area contributed by atoms with Crippen LogP contribution in [0.4, 0.5) is 10.6 Å². The van der Waals surface area contributed by atoms with Gasteiger partial charge in [-0.05, 0) is 13.8 Å². The Kier molecular flexibility index (Phi) is 3.31. The first-order valence-electron chi connectivity index (χ1n) is 4.62. The highest BCUT2D eigenvalue weighted by molar-refractivity contribution is 5.88. The van der Waals surface area contributed by atoms with E-state index in [-0.39, 0.29) is 12.6 Å². The largest absolute Gasteiger partial charge is 0.394 e. The van der Waals surface area contributed by atoms with Crippen molar-refractivity contribution in [2.75, 3.05) is 11.9 Å². The molecule has 0 radical (unpaired) electrons. The summed E-state index contributed by atoms with van der Waals surface area (Å²) in [6.07, 6.45) is 1.59. The molecule has 1 aromatic heterocycles. The smallest absolute Gasteiger partial charge is 0.320 e. The van der Waals surface area contributed by atoms with E-state index in [0.29, 0.717) is 5.82 Å². The van der Waals surface area contributed by atoms with Gasteiger partial charge in [0.1, 0.15) is 5.82 Å². The zero-order valence-corrected chi connectivity index (χ0v) is 9.11. The first kappa shape index (κ1) is 11.5. The Labute approximate surface area is 88.3 Å². The summed E-state index contributed by atoms with van der Waals surface area (Å²) < 4.78 is 1.55. The van der Waals surface area contributed by atoms with Crippen LogP contribution in [0.3, 0.4) is 0 Å². The van der Waals surface area contributed by atoms with Crippen molar-refractivity contribution < 1.29 is 9.90 Å². The number of hydrogen-bond acceptors (Lipinski definition) is 3. The van der Waals surface area contributed by atoms with Crippen LogP contribution in [-0.2, 0) is 7.05 Å². The van der Waals surface area contributed by atoms with Crippen molar-refractivity contribution in [3.8, 4) is 0 Å². The van der Waals surface area contributed by atoms with Crippen molar-refractivity contribution in [2.45, 2.75) is 19.4 Å². The number of aliphatic hydroxyl groups is 1. The van der Waals surface area contributed by atoms with Crippen LogP contribution in [0.1, 0.15) is 13.8 Å². The molecule has 1 rings (SSSR count). The predicted molar refractivity (Wildman–Crippen MR) is 56.5 cm³/mol. The molecule has 0 aliphatic rings. The Bertz CT molecular complexity index is 346. The highest BCUT2D eigenvalue weighted by atomic mass is 16.3. The lowest BCUT2D eigenvalue weighted by atomic mass is 10.1. The number of hydrogen-bond donors (Lipinski definition) is 3. The first-order chi connectivity index (χ1) is 6.94. The summed E-state index contributed by atoms with van der Waals surface area (Å²) in [5.74, 6) is 0.598. The number of amides is 2. The summed E-state index contributed by atoms with van der Waals surface area (Å²) >= 11 is 0. The molecule has 0 aliphatic heterocycles. The number of urea groups is 1. The van der Waals surface area contributed by atoms with Crippen LogP contribution < -0.4 is 10.6 Å². The topological polar surface area (TPSA) is 79.2 Å². The van der Waals surface area contributed by atoms with E-state index in [0.717, 1.165) is 0 Å². The SMILES string of the molecule is Cn1nccc1NC(=O)NC(C)(C)CO. The van der Waals surface area contributed by atoms with Gasteiger partial charge in [-0.15, -0.1) is 0 Å². The summed E-state index contributed by atoms with van der Waals surface area (Å²) in [4.78, 5) is 11.5. The number of carbonyl (C=O) groups excluding carboxylic acids is 1. The second-order valence-corrected chi connectivity index (χ2v) is 3.96. The van der Waals surface area contributed by atoms with Crippen molar-refractivity contribution >= 4 is 11.8 Å². The molecule has 0 aromatic carbocycles. The average Bonchev–Trinajstić information content (AvgIpc) is 2.51. The van der Waals surface area contributed by atoms with Crippen LogP contribution >= 0.6 is 0 Å². The number of nitrogens with one attached hydrogen (secondary N) is 2. The monoisotopic (exact) mass is 212 g/mol. The molecule has 3 N–H and O–H groups in total. The predicted octanol–water partition coefficient (Wildman–Crippen LogP) is 0.312. The second kappa shape index (κ2) is 4.31. The third-order valence-electron chi connectivity index (χ3n) is 1.91. The van der Waals surface area contributed by atoms with E-state index in [1.54, 1.807) is 37.8 Å². The molecule has 6 nitrogen and oxygen atoms in total. The van der Waals surface area contributed by atoms with Gasteiger partial charge in [0.05, 0.1) is 18.3 Å². The molecule has 84 valence electrons. The molecule has 15 heavy (non-hydrogen) atoms. The molecule has 1 aromatic rings. The van der Waals surface area contributed by atoms with Gasteiger partial charge in [0.2, 0.25) is 0 Å². The molecule has 0 bridgehead atoms. The van der Waals surface area contributed by atoms with Crippen LogP contribution in [0.15, 0.2) is 12.3 Å². The molecular formula is C9H16N4O2. The van der Waals surface area contributed by atoms with Crippen LogP contribution in [0, 0.1) is 0 Å². The lowest BCUT2D eigenvalue weighted by molar-refractivity contribution is 0.187. The molecule has 0 aliphatic carbocycles. The normalized spacial score (nSPS) is 11.2. The maximum atomic E-state index is 11.5. The molecule has 1 heterocycles. The molecule has 0 saturated carbocycles. The second-order valence-electron chi connectivity index (χ2n) is 3.96.